The summed E-state index contributed by atoms with van der Waals surface area (Å²) in [5.41, 5.74) is 6.93. The van der Waals surface area contributed by atoms with Gasteiger partial charge >= 0.3 is 26.2 Å². The van der Waals surface area contributed by atoms with Gasteiger partial charge in [-0.1, -0.05) is 77.6 Å². The summed E-state index contributed by atoms with van der Waals surface area (Å²) in [5, 5.41) is 3.64. The Balaban J connectivity index is 0.00000121. The predicted octanol–water partition coefficient (Wildman–Crippen LogP) is -1.50. The molecule has 0 saturated carbocycles. The Morgan fingerprint density at radius 3 is 1.33 bits per heavy atom. The first-order valence-electron chi connectivity index (χ1n) is 9.99. The second-order valence-electron chi connectivity index (χ2n) is 9.17. The molecule has 0 amide bonds. The SMILES string of the molecule is C[Si](C)([c-]1ccc2c1CCCC2)[Si](C)(C)[c-]1ccc2c1CCCC2.[Cl-].[Cl-].[Zr+4]. The number of hydrogen-bond donors (Lipinski definition) is 0. The van der Waals surface area contributed by atoms with Crippen molar-refractivity contribution in [2.45, 2.75) is 77.6 Å². The fourth-order valence-corrected chi connectivity index (χ4v) is 15.1. The molecule has 2 aromatic rings. The van der Waals surface area contributed by atoms with Gasteiger partial charge in [-0.15, -0.1) is 0 Å². The molecule has 5 heteroatoms. The van der Waals surface area contributed by atoms with Gasteiger partial charge in [0.15, 0.2) is 0 Å². The molecule has 0 spiro atoms. The van der Waals surface area contributed by atoms with Crippen LogP contribution in [0.5, 0.6) is 0 Å². The van der Waals surface area contributed by atoms with Crippen molar-refractivity contribution in [2.24, 2.45) is 0 Å². The minimum atomic E-state index is -1.46. The van der Waals surface area contributed by atoms with Crippen molar-refractivity contribution in [3.8, 4) is 0 Å². The van der Waals surface area contributed by atoms with Crippen LogP contribution in [0.4, 0.5) is 0 Å². The first-order valence-corrected chi connectivity index (χ1v) is 17.0. The van der Waals surface area contributed by atoms with E-state index in [4.69, 9.17) is 0 Å². The average Bonchev–Trinajstić information content (AvgIpc) is 3.19. The largest absolute Gasteiger partial charge is 4.00 e. The molecule has 0 nitrogen and oxygen atoms in total. The minimum Gasteiger partial charge on any atom is -1.00 e. The van der Waals surface area contributed by atoms with Crippen LogP contribution in [0.2, 0.25) is 26.2 Å². The first kappa shape index (κ1) is 25.6. The van der Waals surface area contributed by atoms with Crippen LogP contribution in [0.25, 0.3) is 0 Å². The fraction of sp³-hybridized carbons (Fsp3) is 0.545. The van der Waals surface area contributed by atoms with E-state index in [0.29, 0.717) is 0 Å². The minimum absolute atomic E-state index is 0. The zero-order valence-corrected chi connectivity index (χ0v) is 23.2. The van der Waals surface area contributed by atoms with Gasteiger partial charge in [-0.05, 0) is 0 Å². The molecule has 2 aromatic carbocycles. The maximum absolute atomic E-state index is 2.69. The molecule has 0 fully saturated rings. The average molecular weight is 515 g/mol. The zero-order valence-electron chi connectivity index (χ0n) is 17.2. The quantitative estimate of drug-likeness (QED) is 0.346. The number of fused-ring (bicyclic) bond motifs is 2. The van der Waals surface area contributed by atoms with Crippen LogP contribution in [0.3, 0.4) is 0 Å². The molecule has 0 heterocycles. The smallest absolute Gasteiger partial charge is 1.00 e. The monoisotopic (exact) mass is 512 g/mol. The van der Waals surface area contributed by atoms with Gasteiger partial charge in [0, 0.05) is 15.2 Å². The standard InChI is InChI=1S/C22H32Si2.2ClH.Zr/c1-23(2,21-15-13-17-9-5-7-11-19(17)21)24(3,4)22-16-14-18-10-6-8-12-20(18)22;;;/h13-16H,5-12H2,1-4H3;2*1H;/q-2;;;+4/p-2. The van der Waals surface area contributed by atoms with Gasteiger partial charge < -0.3 is 24.8 Å². The van der Waals surface area contributed by atoms with E-state index in [-0.39, 0.29) is 51.0 Å². The third-order valence-electron chi connectivity index (χ3n) is 7.48. The maximum Gasteiger partial charge on any atom is 4.00 e. The normalized spacial score (nSPS) is 16.3. The van der Waals surface area contributed by atoms with Gasteiger partial charge in [-0.25, -0.2) is 12.1 Å². The van der Waals surface area contributed by atoms with Gasteiger partial charge in [0.25, 0.3) is 0 Å². The van der Waals surface area contributed by atoms with Crippen molar-refractivity contribution in [2.75, 3.05) is 0 Å². The van der Waals surface area contributed by atoms with Crippen LogP contribution >= 0.6 is 0 Å². The summed E-state index contributed by atoms with van der Waals surface area (Å²) in [6.45, 7) is 10.7. The van der Waals surface area contributed by atoms with Gasteiger partial charge in [-0.3, -0.25) is 0 Å². The molecule has 0 saturated heterocycles. The van der Waals surface area contributed by atoms with Gasteiger partial charge in [-0.2, -0.15) is 44.8 Å². The Labute approximate surface area is 199 Å². The van der Waals surface area contributed by atoms with Crippen LogP contribution in [0, 0.1) is 0 Å². The summed E-state index contributed by atoms with van der Waals surface area (Å²) >= 11 is 0. The molecule has 146 valence electrons. The number of halogens is 2. The summed E-state index contributed by atoms with van der Waals surface area (Å²) in [5.74, 6) is 0. The number of rotatable bonds is 3. The zero-order chi connectivity index (χ0) is 16.9. The fourth-order valence-electron chi connectivity index (χ4n) is 5.25. The van der Waals surface area contributed by atoms with E-state index in [9.17, 15) is 0 Å². The summed E-state index contributed by atoms with van der Waals surface area (Å²) in [6.07, 6.45) is 11.0. The van der Waals surface area contributed by atoms with Crippen molar-refractivity contribution < 1.29 is 51.0 Å². The summed E-state index contributed by atoms with van der Waals surface area (Å²) < 4.78 is 0. The third-order valence-corrected chi connectivity index (χ3v) is 25.2. The molecule has 0 bridgehead atoms. The predicted molar refractivity (Wildman–Crippen MR) is 112 cm³/mol. The Morgan fingerprint density at radius 2 is 0.963 bits per heavy atom. The van der Waals surface area contributed by atoms with Gasteiger partial charge in [0.1, 0.15) is 0 Å². The Hall–Kier alpha value is 0.597. The van der Waals surface area contributed by atoms with Crippen LogP contribution in [0.15, 0.2) is 24.3 Å². The van der Waals surface area contributed by atoms with Crippen molar-refractivity contribution in [3.63, 3.8) is 0 Å². The van der Waals surface area contributed by atoms with E-state index in [0.717, 1.165) is 0 Å². The Bertz CT molecular complexity index is 694. The van der Waals surface area contributed by atoms with Crippen LogP contribution in [0.1, 0.15) is 47.9 Å². The Kier molecular flexibility index (Phi) is 9.12. The molecular weight excluding hydrogens is 483 g/mol. The second-order valence-corrected chi connectivity index (χ2v) is 24.2. The van der Waals surface area contributed by atoms with Crippen LogP contribution in [-0.4, -0.2) is 15.2 Å². The molecule has 2 aliphatic rings. The molecule has 0 unspecified atom stereocenters. The molecule has 2 aliphatic carbocycles. The van der Waals surface area contributed by atoms with Gasteiger partial charge in [0.05, 0.1) is 0 Å². The van der Waals surface area contributed by atoms with Crippen molar-refractivity contribution >= 4 is 25.6 Å². The molecule has 0 N–H and O–H groups in total. The second kappa shape index (κ2) is 9.60. The van der Waals surface area contributed by atoms with E-state index < -0.39 is 15.2 Å². The van der Waals surface area contributed by atoms with E-state index in [1.54, 1.807) is 22.3 Å². The number of hydrogen-bond acceptors (Lipinski definition) is 0. The van der Waals surface area contributed by atoms with Crippen molar-refractivity contribution in [3.05, 3.63) is 46.5 Å². The van der Waals surface area contributed by atoms with E-state index in [1.165, 1.54) is 51.4 Å². The molecule has 4 rings (SSSR count). The third kappa shape index (κ3) is 4.24. The van der Waals surface area contributed by atoms with E-state index in [2.05, 4.69) is 50.5 Å². The van der Waals surface area contributed by atoms with E-state index >= 15 is 0 Å². The summed E-state index contributed by atoms with van der Waals surface area (Å²) in [4.78, 5) is 0. The Morgan fingerprint density at radius 1 is 0.630 bits per heavy atom. The van der Waals surface area contributed by atoms with Gasteiger partial charge in [0.2, 0.25) is 0 Å². The summed E-state index contributed by atoms with van der Waals surface area (Å²) in [6, 6.07) is 10.0. The maximum atomic E-state index is 2.69. The molecule has 0 radical (unpaired) electrons. The van der Waals surface area contributed by atoms with Crippen molar-refractivity contribution in [1.29, 1.82) is 0 Å². The molecule has 0 atom stereocenters. The van der Waals surface area contributed by atoms with Crippen LogP contribution < -0.4 is 35.2 Å². The topological polar surface area (TPSA) is 0 Å². The number of aryl methyl sites for hydroxylation is 2. The summed E-state index contributed by atoms with van der Waals surface area (Å²) in [7, 11) is -2.92. The first-order chi connectivity index (χ1) is 11.4. The molecule has 0 aromatic heterocycles. The molecule has 27 heavy (non-hydrogen) atoms. The van der Waals surface area contributed by atoms with E-state index in [1.807, 2.05) is 10.4 Å². The molecular formula is C22H32Cl2Si2Zr. The van der Waals surface area contributed by atoms with Crippen LogP contribution in [-0.2, 0) is 51.9 Å². The molecule has 0 aliphatic heterocycles. The van der Waals surface area contributed by atoms with Crippen molar-refractivity contribution in [1.82, 2.24) is 0 Å².